The van der Waals surface area contributed by atoms with Gasteiger partial charge in [0.25, 0.3) is 0 Å². The highest BCUT2D eigenvalue weighted by Crippen LogP contribution is 2.36. The Balaban J connectivity index is 1.71. The molecule has 3 rings (SSSR count). The molecule has 3 heteroatoms. The molecule has 0 spiro atoms. The van der Waals surface area contributed by atoms with Crippen molar-refractivity contribution in [2.45, 2.75) is 19.9 Å². The van der Waals surface area contributed by atoms with Gasteiger partial charge in [-0.25, -0.2) is 0 Å². The number of rotatable bonds is 4. The maximum Gasteiger partial charge on any atom is 0.0841 e. The molecule has 2 unspecified atom stereocenters. The predicted octanol–water partition coefficient (Wildman–Crippen LogP) is 2.32. The van der Waals surface area contributed by atoms with Crippen molar-refractivity contribution in [3.63, 3.8) is 0 Å². The lowest BCUT2D eigenvalue weighted by Crippen LogP contribution is -2.17. The van der Waals surface area contributed by atoms with Gasteiger partial charge in [-0.1, -0.05) is 25.1 Å². The highest BCUT2D eigenvalue weighted by molar-refractivity contribution is 5.81. The summed E-state index contributed by atoms with van der Waals surface area (Å²) in [5.74, 6) is 1.81. The minimum atomic E-state index is 0.880. The van der Waals surface area contributed by atoms with Gasteiger partial charge >= 0.3 is 0 Å². The number of aryl methyl sites for hydroxylation is 1. The van der Waals surface area contributed by atoms with Crippen LogP contribution in [0.5, 0.6) is 0 Å². The highest BCUT2D eigenvalue weighted by Gasteiger charge is 2.31. The van der Waals surface area contributed by atoms with E-state index >= 15 is 0 Å². The minimum Gasteiger partial charge on any atom is -0.311 e. The molecule has 0 bridgehead atoms. The van der Waals surface area contributed by atoms with E-state index in [1.54, 1.807) is 0 Å². The summed E-state index contributed by atoms with van der Waals surface area (Å²) in [5.41, 5.74) is 2.38. The lowest BCUT2D eigenvalue weighted by molar-refractivity contribution is 0.600. The van der Waals surface area contributed by atoms with E-state index in [1.807, 2.05) is 11.7 Å². The van der Waals surface area contributed by atoms with Gasteiger partial charge in [-0.05, 0) is 30.9 Å². The molecule has 0 aliphatic heterocycles. The first kappa shape index (κ1) is 10.8. The van der Waals surface area contributed by atoms with Crippen LogP contribution >= 0.6 is 0 Å². The normalized spacial score (nSPS) is 23.2. The van der Waals surface area contributed by atoms with Gasteiger partial charge in [0.15, 0.2) is 0 Å². The van der Waals surface area contributed by atoms with Crippen LogP contribution in [0, 0.1) is 11.8 Å². The fourth-order valence-electron chi connectivity index (χ4n) is 2.48. The Hall–Kier alpha value is -1.35. The summed E-state index contributed by atoms with van der Waals surface area (Å²) in [6, 6.07) is 8.41. The number of aromatic nitrogens is 2. The second-order valence-corrected chi connectivity index (χ2v) is 5.19. The lowest BCUT2D eigenvalue weighted by Gasteiger charge is -2.01. The molecule has 17 heavy (non-hydrogen) atoms. The van der Waals surface area contributed by atoms with Crippen molar-refractivity contribution in [1.82, 2.24) is 15.1 Å². The number of nitrogens with one attached hydrogen (secondary N) is 1. The van der Waals surface area contributed by atoms with Crippen molar-refractivity contribution in [3.05, 3.63) is 30.0 Å². The molecule has 0 amide bonds. The summed E-state index contributed by atoms with van der Waals surface area (Å²) in [7, 11) is 2.01. The zero-order valence-corrected chi connectivity index (χ0v) is 10.5. The first-order valence-electron chi connectivity index (χ1n) is 6.37. The molecule has 1 aromatic carbocycles. The van der Waals surface area contributed by atoms with E-state index in [2.05, 4.69) is 41.6 Å². The highest BCUT2D eigenvalue weighted by atomic mass is 15.3. The molecule has 1 aliphatic carbocycles. The Morgan fingerprint density at radius 1 is 1.41 bits per heavy atom. The minimum absolute atomic E-state index is 0.880. The number of hydrogen-bond donors (Lipinski definition) is 1. The predicted molar refractivity (Wildman–Crippen MR) is 69.7 cm³/mol. The third-order valence-electron chi connectivity index (χ3n) is 3.81. The van der Waals surface area contributed by atoms with E-state index in [4.69, 9.17) is 0 Å². The fraction of sp³-hybridized carbons (Fsp3) is 0.500. The van der Waals surface area contributed by atoms with Gasteiger partial charge in [-0.3, -0.25) is 4.68 Å². The molecular weight excluding hydrogens is 210 g/mol. The van der Waals surface area contributed by atoms with Crippen LogP contribution in [0.2, 0.25) is 0 Å². The van der Waals surface area contributed by atoms with Crippen molar-refractivity contribution < 1.29 is 0 Å². The Morgan fingerprint density at radius 3 is 2.94 bits per heavy atom. The van der Waals surface area contributed by atoms with Crippen molar-refractivity contribution in [3.8, 4) is 0 Å². The molecule has 0 saturated heterocycles. The molecule has 2 aromatic rings. The van der Waals surface area contributed by atoms with Crippen LogP contribution in [0.4, 0.5) is 0 Å². The van der Waals surface area contributed by atoms with Crippen LogP contribution in [0.3, 0.4) is 0 Å². The fourth-order valence-corrected chi connectivity index (χ4v) is 2.48. The molecule has 3 nitrogen and oxygen atoms in total. The van der Waals surface area contributed by atoms with Crippen molar-refractivity contribution in [1.29, 1.82) is 0 Å². The first-order chi connectivity index (χ1) is 8.25. The van der Waals surface area contributed by atoms with Gasteiger partial charge in [0, 0.05) is 19.0 Å². The number of para-hydroxylation sites is 1. The third kappa shape index (κ3) is 2.07. The molecule has 2 atom stereocenters. The molecule has 90 valence electrons. The van der Waals surface area contributed by atoms with Crippen LogP contribution in [-0.2, 0) is 13.6 Å². The molecular formula is C14H19N3. The van der Waals surface area contributed by atoms with Gasteiger partial charge in [-0.2, -0.15) is 5.10 Å². The largest absolute Gasteiger partial charge is 0.311 e. The van der Waals surface area contributed by atoms with Crippen molar-refractivity contribution in [2.75, 3.05) is 6.54 Å². The Labute approximate surface area is 102 Å². The number of hydrogen-bond acceptors (Lipinski definition) is 2. The number of nitrogens with zero attached hydrogens (tertiary/aromatic N) is 2. The lowest BCUT2D eigenvalue weighted by atomic mass is 10.2. The van der Waals surface area contributed by atoms with Crippen LogP contribution in [0.1, 0.15) is 19.0 Å². The standard InChI is InChI=1S/C14H19N3/c1-10-7-11(10)8-15-9-13-12-5-3-4-6-14(12)17(2)16-13/h3-6,10-11,15H,7-9H2,1-2H3. The summed E-state index contributed by atoms with van der Waals surface area (Å²) in [6.45, 7) is 4.33. The van der Waals surface area contributed by atoms with E-state index < -0.39 is 0 Å². The van der Waals surface area contributed by atoms with E-state index in [0.717, 1.165) is 30.6 Å². The molecule has 1 N–H and O–H groups in total. The Bertz CT molecular complexity index is 529. The summed E-state index contributed by atoms with van der Waals surface area (Å²) in [5, 5.41) is 9.37. The summed E-state index contributed by atoms with van der Waals surface area (Å²) in [6.07, 6.45) is 1.38. The van der Waals surface area contributed by atoms with E-state index in [-0.39, 0.29) is 0 Å². The summed E-state index contributed by atoms with van der Waals surface area (Å²) >= 11 is 0. The maximum absolute atomic E-state index is 4.58. The smallest absolute Gasteiger partial charge is 0.0841 e. The molecule has 0 radical (unpaired) electrons. The third-order valence-corrected chi connectivity index (χ3v) is 3.81. The molecule has 1 fully saturated rings. The SMILES string of the molecule is CC1CC1CNCc1nn(C)c2ccccc12. The average Bonchev–Trinajstić information content (AvgIpc) is 2.94. The molecule has 1 aliphatic rings. The topological polar surface area (TPSA) is 29.9 Å². The van der Waals surface area contributed by atoms with Gasteiger partial charge in [0.2, 0.25) is 0 Å². The number of benzene rings is 1. The van der Waals surface area contributed by atoms with Crippen LogP contribution in [-0.4, -0.2) is 16.3 Å². The van der Waals surface area contributed by atoms with Gasteiger partial charge in [-0.15, -0.1) is 0 Å². The van der Waals surface area contributed by atoms with Crippen LogP contribution < -0.4 is 5.32 Å². The second kappa shape index (κ2) is 4.15. The summed E-state index contributed by atoms with van der Waals surface area (Å²) < 4.78 is 1.96. The van der Waals surface area contributed by atoms with E-state index in [1.165, 1.54) is 17.3 Å². The van der Waals surface area contributed by atoms with Crippen LogP contribution in [0.15, 0.2) is 24.3 Å². The number of fused-ring (bicyclic) bond motifs is 1. The second-order valence-electron chi connectivity index (χ2n) is 5.19. The zero-order valence-electron chi connectivity index (χ0n) is 10.5. The van der Waals surface area contributed by atoms with Crippen LogP contribution in [0.25, 0.3) is 10.9 Å². The van der Waals surface area contributed by atoms with Gasteiger partial charge < -0.3 is 5.32 Å². The average molecular weight is 229 g/mol. The van der Waals surface area contributed by atoms with Gasteiger partial charge in [0.05, 0.1) is 11.2 Å². The van der Waals surface area contributed by atoms with Crippen molar-refractivity contribution in [2.24, 2.45) is 18.9 Å². The monoisotopic (exact) mass is 229 g/mol. The maximum atomic E-state index is 4.58. The Kier molecular flexibility index (Phi) is 2.63. The van der Waals surface area contributed by atoms with Crippen molar-refractivity contribution >= 4 is 10.9 Å². The first-order valence-corrected chi connectivity index (χ1v) is 6.37. The zero-order chi connectivity index (χ0) is 11.8. The van der Waals surface area contributed by atoms with E-state index in [9.17, 15) is 0 Å². The molecule has 1 aromatic heterocycles. The van der Waals surface area contributed by atoms with E-state index in [0.29, 0.717) is 0 Å². The molecule has 1 saturated carbocycles. The Morgan fingerprint density at radius 2 is 2.18 bits per heavy atom. The summed E-state index contributed by atoms with van der Waals surface area (Å²) in [4.78, 5) is 0. The van der Waals surface area contributed by atoms with Gasteiger partial charge in [0.1, 0.15) is 0 Å². The quantitative estimate of drug-likeness (QED) is 0.872. The molecule has 1 heterocycles.